The van der Waals surface area contributed by atoms with Crippen LogP contribution in [0.5, 0.6) is 0 Å². The molecule has 0 bridgehead atoms. The van der Waals surface area contributed by atoms with Gasteiger partial charge in [0, 0.05) is 57.7 Å². The van der Waals surface area contributed by atoms with Gasteiger partial charge in [0.15, 0.2) is 0 Å². The van der Waals surface area contributed by atoms with Crippen LogP contribution in [0, 0.1) is 0 Å². The molecular weight excluding hydrogens is 400 g/mol. The lowest BCUT2D eigenvalue weighted by Crippen LogP contribution is -2.51. The van der Waals surface area contributed by atoms with Crippen molar-refractivity contribution in [2.45, 2.75) is 32.8 Å². The Balaban J connectivity index is 1.82. The Morgan fingerprint density at radius 3 is 2.45 bits per heavy atom. The Morgan fingerprint density at radius 2 is 1.81 bits per heavy atom. The number of hydrogen-bond acceptors (Lipinski definition) is 6. The fraction of sp³-hybridized carbons (Fsp3) is 0.591. The molecular formula is C22H34N4O5. The van der Waals surface area contributed by atoms with Crippen LogP contribution in [0.4, 0.5) is 10.5 Å². The van der Waals surface area contributed by atoms with Crippen LogP contribution in [-0.2, 0) is 14.3 Å². The van der Waals surface area contributed by atoms with E-state index in [0.717, 1.165) is 6.42 Å². The molecule has 1 aliphatic rings. The van der Waals surface area contributed by atoms with E-state index in [2.05, 4.69) is 10.6 Å². The minimum Gasteiger partial charge on any atom is -0.444 e. The first-order valence-corrected chi connectivity index (χ1v) is 10.6. The van der Waals surface area contributed by atoms with E-state index in [1.54, 1.807) is 57.0 Å². The largest absolute Gasteiger partial charge is 0.444 e. The number of hydrogen-bond donors (Lipinski definition) is 2. The first-order valence-electron chi connectivity index (χ1n) is 10.6. The lowest BCUT2D eigenvalue weighted by molar-refractivity contribution is -0.122. The summed E-state index contributed by atoms with van der Waals surface area (Å²) in [6, 6.07) is 6.81. The Labute approximate surface area is 184 Å². The highest BCUT2D eigenvalue weighted by Crippen LogP contribution is 2.16. The zero-order chi connectivity index (χ0) is 22.9. The molecule has 1 aromatic carbocycles. The molecule has 2 rings (SSSR count). The Morgan fingerprint density at radius 1 is 1.10 bits per heavy atom. The normalized spacial score (nSPS) is 14.8. The van der Waals surface area contributed by atoms with Gasteiger partial charge in [-0.05, 0) is 45.4 Å². The highest BCUT2D eigenvalue weighted by Gasteiger charge is 2.24. The molecule has 172 valence electrons. The number of nitrogens with one attached hydrogen (secondary N) is 2. The van der Waals surface area contributed by atoms with Gasteiger partial charge in [-0.15, -0.1) is 0 Å². The second-order valence-electron chi connectivity index (χ2n) is 8.47. The molecule has 0 atom stereocenters. The summed E-state index contributed by atoms with van der Waals surface area (Å²) in [6.45, 7) is 9.25. The Kier molecular flexibility index (Phi) is 9.26. The first kappa shape index (κ1) is 24.6. The van der Waals surface area contributed by atoms with Gasteiger partial charge in [0.05, 0.1) is 6.54 Å². The summed E-state index contributed by atoms with van der Waals surface area (Å²) < 4.78 is 10.2. The Hall–Kier alpha value is -2.65. The summed E-state index contributed by atoms with van der Waals surface area (Å²) in [5.41, 5.74) is 0.402. The van der Waals surface area contributed by atoms with E-state index in [9.17, 15) is 14.4 Å². The predicted octanol–water partition coefficient (Wildman–Crippen LogP) is 1.94. The highest BCUT2D eigenvalue weighted by molar-refractivity contribution is 5.96. The van der Waals surface area contributed by atoms with Gasteiger partial charge in [0.1, 0.15) is 5.60 Å². The number of ether oxygens (including phenoxy) is 2. The van der Waals surface area contributed by atoms with Crippen LogP contribution < -0.4 is 10.6 Å². The number of carbonyl (C=O) groups is 3. The third kappa shape index (κ3) is 8.94. The average Bonchev–Trinajstić information content (AvgIpc) is 2.70. The zero-order valence-corrected chi connectivity index (χ0v) is 18.9. The van der Waals surface area contributed by atoms with Crippen molar-refractivity contribution in [2.75, 3.05) is 58.3 Å². The van der Waals surface area contributed by atoms with Gasteiger partial charge in [-0.3, -0.25) is 19.8 Å². The number of methoxy groups -OCH3 is 1. The standard InChI is InChI=1S/C22H34N4O5/c1-22(2,3)31-21(29)24-18-8-5-7-17(15-18)20(28)26-12-10-25(11-13-26)16-19(27)23-9-6-14-30-4/h5,7-8,15H,6,9-14,16H2,1-4H3,(H,23,27)(H,24,29). The van der Waals surface area contributed by atoms with Crippen molar-refractivity contribution in [2.24, 2.45) is 0 Å². The molecule has 0 aromatic heterocycles. The fourth-order valence-corrected chi connectivity index (χ4v) is 3.15. The van der Waals surface area contributed by atoms with E-state index in [1.807, 2.05) is 4.90 Å². The third-order valence-electron chi connectivity index (χ3n) is 4.63. The van der Waals surface area contributed by atoms with E-state index in [1.165, 1.54) is 0 Å². The molecule has 1 saturated heterocycles. The molecule has 1 heterocycles. The molecule has 9 nitrogen and oxygen atoms in total. The molecule has 3 amide bonds. The zero-order valence-electron chi connectivity index (χ0n) is 18.9. The van der Waals surface area contributed by atoms with E-state index in [0.29, 0.717) is 57.1 Å². The van der Waals surface area contributed by atoms with Crippen molar-refractivity contribution < 1.29 is 23.9 Å². The van der Waals surface area contributed by atoms with E-state index < -0.39 is 11.7 Å². The predicted molar refractivity (Wildman–Crippen MR) is 118 cm³/mol. The average molecular weight is 435 g/mol. The summed E-state index contributed by atoms with van der Waals surface area (Å²) in [5.74, 6) is -0.117. The molecule has 0 spiro atoms. The molecule has 1 aromatic rings. The van der Waals surface area contributed by atoms with Crippen LogP contribution in [-0.4, -0.2) is 86.3 Å². The molecule has 1 aliphatic heterocycles. The summed E-state index contributed by atoms with van der Waals surface area (Å²) in [4.78, 5) is 40.6. The van der Waals surface area contributed by atoms with Gasteiger partial charge in [0.2, 0.25) is 5.91 Å². The van der Waals surface area contributed by atoms with Gasteiger partial charge in [-0.2, -0.15) is 0 Å². The molecule has 9 heteroatoms. The second kappa shape index (κ2) is 11.7. The van der Waals surface area contributed by atoms with Crippen LogP contribution >= 0.6 is 0 Å². The van der Waals surface area contributed by atoms with Crippen LogP contribution in [0.2, 0.25) is 0 Å². The van der Waals surface area contributed by atoms with Crippen LogP contribution in [0.3, 0.4) is 0 Å². The summed E-state index contributed by atoms with van der Waals surface area (Å²) in [5, 5.41) is 5.53. The molecule has 0 unspecified atom stereocenters. The van der Waals surface area contributed by atoms with Crippen molar-refractivity contribution in [3.63, 3.8) is 0 Å². The van der Waals surface area contributed by atoms with Gasteiger partial charge >= 0.3 is 6.09 Å². The van der Waals surface area contributed by atoms with Crippen molar-refractivity contribution in [1.82, 2.24) is 15.1 Å². The van der Waals surface area contributed by atoms with Crippen molar-refractivity contribution in [3.8, 4) is 0 Å². The minimum atomic E-state index is -0.599. The van der Waals surface area contributed by atoms with Crippen LogP contribution in [0.1, 0.15) is 37.6 Å². The van der Waals surface area contributed by atoms with E-state index >= 15 is 0 Å². The molecule has 0 radical (unpaired) electrons. The van der Waals surface area contributed by atoms with Gasteiger partial charge in [0.25, 0.3) is 5.91 Å². The number of nitrogens with zero attached hydrogens (tertiary/aromatic N) is 2. The molecule has 31 heavy (non-hydrogen) atoms. The van der Waals surface area contributed by atoms with E-state index in [-0.39, 0.29) is 11.8 Å². The molecule has 0 saturated carbocycles. The van der Waals surface area contributed by atoms with Crippen LogP contribution in [0.25, 0.3) is 0 Å². The van der Waals surface area contributed by atoms with Gasteiger partial charge < -0.3 is 19.7 Å². The maximum atomic E-state index is 12.9. The quantitative estimate of drug-likeness (QED) is 0.607. The van der Waals surface area contributed by atoms with Crippen molar-refractivity contribution >= 4 is 23.6 Å². The SMILES string of the molecule is COCCCNC(=O)CN1CCN(C(=O)c2cccc(NC(=O)OC(C)(C)C)c2)CC1. The number of benzene rings is 1. The summed E-state index contributed by atoms with van der Waals surface area (Å²) in [6.07, 6.45) is 0.220. The van der Waals surface area contributed by atoms with Gasteiger partial charge in [-0.1, -0.05) is 6.07 Å². The fourth-order valence-electron chi connectivity index (χ4n) is 3.15. The number of rotatable bonds is 8. The minimum absolute atomic E-state index is 0.0169. The number of anilines is 1. The van der Waals surface area contributed by atoms with Crippen LogP contribution in [0.15, 0.2) is 24.3 Å². The maximum absolute atomic E-state index is 12.9. The molecule has 1 fully saturated rings. The molecule has 0 aliphatic carbocycles. The first-order chi connectivity index (χ1) is 14.7. The second-order valence-corrected chi connectivity index (χ2v) is 8.47. The van der Waals surface area contributed by atoms with Crippen molar-refractivity contribution in [1.29, 1.82) is 0 Å². The maximum Gasteiger partial charge on any atom is 0.412 e. The lowest BCUT2D eigenvalue weighted by atomic mass is 10.1. The topological polar surface area (TPSA) is 100 Å². The monoisotopic (exact) mass is 434 g/mol. The van der Waals surface area contributed by atoms with E-state index in [4.69, 9.17) is 9.47 Å². The summed E-state index contributed by atoms with van der Waals surface area (Å²) in [7, 11) is 1.64. The highest BCUT2D eigenvalue weighted by atomic mass is 16.6. The number of amides is 3. The summed E-state index contributed by atoms with van der Waals surface area (Å²) >= 11 is 0. The third-order valence-corrected chi connectivity index (χ3v) is 4.63. The number of piperazine rings is 1. The van der Waals surface area contributed by atoms with Gasteiger partial charge in [-0.25, -0.2) is 4.79 Å². The Bertz CT molecular complexity index is 755. The van der Waals surface area contributed by atoms with Crippen molar-refractivity contribution in [3.05, 3.63) is 29.8 Å². The smallest absolute Gasteiger partial charge is 0.412 e. The lowest BCUT2D eigenvalue weighted by Gasteiger charge is -2.34. The molecule has 2 N–H and O–H groups in total. The number of carbonyl (C=O) groups excluding carboxylic acids is 3.